The van der Waals surface area contributed by atoms with Gasteiger partial charge in [0.25, 0.3) is 5.56 Å². The second-order valence-electron chi connectivity index (χ2n) is 6.33. The standard InChI is InChI=1S/C16H25N7O2/c1-4-13-18-14(20-19-13)11-23-7-8-25-12(10-23)9-22(3)15-16(24)21(2)6-5-17-15/h5-6,12H,4,7-11H2,1-3H3,(H,18,19,20)/t12-/m1/s1. The molecule has 9 heteroatoms. The van der Waals surface area contributed by atoms with Gasteiger partial charge in [0.2, 0.25) is 0 Å². The number of aryl methyl sites for hydroxylation is 2. The molecule has 25 heavy (non-hydrogen) atoms. The van der Waals surface area contributed by atoms with Crippen molar-refractivity contribution in [2.45, 2.75) is 26.0 Å². The number of hydrogen-bond donors (Lipinski definition) is 1. The summed E-state index contributed by atoms with van der Waals surface area (Å²) in [5.41, 5.74) is -0.105. The lowest BCUT2D eigenvalue weighted by Gasteiger charge is -2.34. The maximum atomic E-state index is 12.2. The Kier molecular flexibility index (Phi) is 5.44. The van der Waals surface area contributed by atoms with Crippen LogP contribution in [0.1, 0.15) is 18.6 Å². The molecule has 3 rings (SSSR count). The lowest BCUT2D eigenvalue weighted by Crippen LogP contribution is -2.47. The molecule has 0 aliphatic carbocycles. The second-order valence-corrected chi connectivity index (χ2v) is 6.33. The summed E-state index contributed by atoms with van der Waals surface area (Å²) in [5.74, 6) is 2.16. The lowest BCUT2D eigenvalue weighted by molar-refractivity contribution is -0.0272. The average Bonchev–Trinajstić information content (AvgIpc) is 3.05. The summed E-state index contributed by atoms with van der Waals surface area (Å²) in [7, 11) is 3.60. The van der Waals surface area contributed by atoms with Crippen molar-refractivity contribution in [1.82, 2.24) is 29.6 Å². The van der Waals surface area contributed by atoms with Crippen LogP contribution in [0.2, 0.25) is 0 Å². The first-order chi connectivity index (χ1) is 12.1. The van der Waals surface area contributed by atoms with Gasteiger partial charge in [0.15, 0.2) is 5.82 Å². The Hall–Kier alpha value is -2.26. The molecule has 0 spiro atoms. The quantitative estimate of drug-likeness (QED) is 0.773. The van der Waals surface area contributed by atoms with E-state index in [0.29, 0.717) is 19.0 Å². The molecular weight excluding hydrogens is 322 g/mol. The van der Waals surface area contributed by atoms with Gasteiger partial charge in [-0.25, -0.2) is 9.97 Å². The summed E-state index contributed by atoms with van der Waals surface area (Å²) in [6.07, 6.45) is 4.13. The van der Waals surface area contributed by atoms with Gasteiger partial charge < -0.3 is 14.2 Å². The van der Waals surface area contributed by atoms with Crippen LogP contribution in [-0.4, -0.2) is 69.0 Å². The van der Waals surface area contributed by atoms with Gasteiger partial charge in [-0.2, -0.15) is 5.10 Å². The molecule has 0 saturated carbocycles. The van der Waals surface area contributed by atoms with Crippen LogP contribution >= 0.6 is 0 Å². The molecule has 2 aromatic rings. The van der Waals surface area contributed by atoms with Crippen molar-refractivity contribution in [1.29, 1.82) is 0 Å². The number of aromatic nitrogens is 5. The van der Waals surface area contributed by atoms with E-state index in [9.17, 15) is 4.79 Å². The molecule has 136 valence electrons. The molecule has 0 unspecified atom stereocenters. The van der Waals surface area contributed by atoms with Gasteiger partial charge in [0.1, 0.15) is 11.6 Å². The first-order valence-corrected chi connectivity index (χ1v) is 8.53. The molecular formula is C16H25N7O2. The molecule has 1 N–H and O–H groups in total. The molecule has 9 nitrogen and oxygen atoms in total. The van der Waals surface area contributed by atoms with E-state index in [1.54, 1.807) is 19.4 Å². The highest BCUT2D eigenvalue weighted by atomic mass is 16.5. The largest absolute Gasteiger partial charge is 0.374 e. The third-order valence-corrected chi connectivity index (χ3v) is 4.33. The first-order valence-electron chi connectivity index (χ1n) is 8.53. The molecule has 2 aromatic heterocycles. The Morgan fingerprint density at radius 2 is 2.32 bits per heavy atom. The molecule has 0 radical (unpaired) electrons. The van der Waals surface area contributed by atoms with E-state index < -0.39 is 0 Å². The van der Waals surface area contributed by atoms with Crippen LogP contribution < -0.4 is 10.5 Å². The van der Waals surface area contributed by atoms with E-state index in [2.05, 4.69) is 25.1 Å². The number of likely N-dealkylation sites (N-methyl/N-ethyl adjacent to an activating group) is 1. The fraction of sp³-hybridized carbons (Fsp3) is 0.625. The highest BCUT2D eigenvalue weighted by Crippen LogP contribution is 2.11. The fourth-order valence-corrected chi connectivity index (χ4v) is 2.95. The van der Waals surface area contributed by atoms with Crippen LogP contribution in [-0.2, 0) is 24.8 Å². The van der Waals surface area contributed by atoms with Crippen molar-refractivity contribution in [2.75, 3.05) is 38.2 Å². The van der Waals surface area contributed by atoms with Crippen LogP contribution in [0.25, 0.3) is 0 Å². The molecule has 1 aliphatic heterocycles. The van der Waals surface area contributed by atoms with E-state index >= 15 is 0 Å². The second kappa shape index (κ2) is 7.75. The Labute approximate surface area is 146 Å². The Morgan fingerprint density at radius 3 is 3.08 bits per heavy atom. The highest BCUT2D eigenvalue weighted by Gasteiger charge is 2.24. The van der Waals surface area contributed by atoms with Crippen molar-refractivity contribution >= 4 is 5.82 Å². The molecule has 1 fully saturated rings. The summed E-state index contributed by atoms with van der Waals surface area (Å²) in [6, 6.07) is 0. The lowest BCUT2D eigenvalue weighted by atomic mass is 10.2. The molecule has 3 heterocycles. The van der Waals surface area contributed by atoms with Gasteiger partial charge in [-0.15, -0.1) is 0 Å². The van der Waals surface area contributed by atoms with E-state index in [0.717, 1.165) is 37.7 Å². The van der Waals surface area contributed by atoms with Gasteiger partial charge in [0.05, 0.1) is 19.3 Å². The fourth-order valence-electron chi connectivity index (χ4n) is 2.95. The zero-order valence-corrected chi connectivity index (χ0v) is 15.0. The maximum Gasteiger partial charge on any atom is 0.293 e. The number of ether oxygens (including phenoxy) is 1. The van der Waals surface area contributed by atoms with Gasteiger partial charge in [0, 0.05) is 52.5 Å². The molecule has 0 bridgehead atoms. The average molecular weight is 347 g/mol. The van der Waals surface area contributed by atoms with E-state index in [1.165, 1.54) is 4.57 Å². The summed E-state index contributed by atoms with van der Waals surface area (Å²) < 4.78 is 7.40. The number of morpholine rings is 1. The summed E-state index contributed by atoms with van der Waals surface area (Å²) in [5, 5.41) is 7.17. The number of anilines is 1. The molecule has 1 saturated heterocycles. The SMILES string of the molecule is CCc1n[nH]c(CN2CCO[C@H](CN(C)c3nccn(C)c3=O)C2)n1. The van der Waals surface area contributed by atoms with Gasteiger partial charge >= 0.3 is 0 Å². The van der Waals surface area contributed by atoms with E-state index in [1.807, 2.05) is 18.9 Å². The Bertz CT molecular complexity index is 757. The Balaban J connectivity index is 1.59. The minimum atomic E-state index is -0.105. The Morgan fingerprint density at radius 1 is 1.48 bits per heavy atom. The van der Waals surface area contributed by atoms with E-state index in [4.69, 9.17) is 4.74 Å². The normalized spacial score (nSPS) is 18.4. The molecule has 0 amide bonds. The van der Waals surface area contributed by atoms with Crippen molar-refractivity contribution in [3.63, 3.8) is 0 Å². The van der Waals surface area contributed by atoms with Crippen LogP contribution in [0.5, 0.6) is 0 Å². The van der Waals surface area contributed by atoms with Gasteiger partial charge in [-0.05, 0) is 0 Å². The van der Waals surface area contributed by atoms with Crippen molar-refractivity contribution in [3.8, 4) is 0 Å². The number of nitrogens with one attached hydrogen (secondary N) is 1. The third-order valence-electron chi connectivity index (χ3n) is 4.33. The first kappa shape index (κ1) is 17.6. The van der Waals surface area contributed by atoms with Crippen molar-refractivity contribution < 1.29 is 4.74 Å². The predicted molar refractivity (Wildman–Crippen MR) is 93.5 cm³/mol. The van der Waals surface area contributed by atoms with Crippen LogP contribution in [0, 0.1) is 0 Å². The van der Waals surface area contributed by atoms with Crippen molar-refractivity contribution in [2.24, 2.45) is 7.05 Å². The van der Waals surface area contributed by atoms with Crippen LogP contribution in [0.3, 0.4) is 0 Å². The van der Waals surface area contributed by atoms with Gasteiger partial charge in [-0.1, -0.05) is 6.92 Å². The molecule has 1 atom stereocenters. The maximum absolute atomic E-state index is 12.2. The number of H-pyrrole nitrogens is 1. The topological polar surface area (TPSA) is 92.2 Å². The number of hydrogen-bond acceptors (Lipinski definition) is 7. The smallest absolute Gasteiger partial charge is 0.293 e. The number of nitrogens with zero attached hydrogens (tertiary/aromatic N) is 6. The van der Waals surface area contributed by atoms with Crippen LogP contribution in [0.15, 0.2) is 17.2 Å². The molecule has 1 aliphatic rings. The van der Waals surface area contributed by atoms with Crippen molar-refractivity contribution in [3.05, 3.63) is 34.4 Å². The monoisotopic (exact) mass is 347 g/mol. The van der Waals surface area contributed by atoms with Crippen LogP contribution in [0.4, 0.5) is 5.82 Å². The zero-order chi connectivity index (χ0) is 17.8. The summed E-state index contributed by atoms with van der Waals surface area (Å²) >= 11 is 0. The predicted octanol–water partition coefficient (Wildman–Crippen LogP) is -0.202. The van der Waals surface area contributed by atoms with E-state index in [-0.39, 0.29) is 11.7 Å². The summed E-state index contributed by atoms with van der Waals surface area (Å²) in [4.78, 5) is 25.0. The minimum absolute atomic E-state index is 0.0130. The third kappa shape index (κ3) is 4.23. The minimum Gasteiger partial charge on any atom is -0.374 e. The number of aromatic amines is 1. The zero-order valence-electron chi connectivity index (χ0n) is 15.0. The summed E-state index contributed by atoms with van der Waals surface area (Å²) in [6.45, 7) is 5.66. The highest BCUT2D eigenvalue weighted by molar-refractivity contribution is 5.34. The number of rotatable bonds is 6. The molecule has 0 aromatic carbocycles. The van der Waals surface area contributed by atoms with Gasteiger partial charge in [-0.3, -0.25) is 14.8 Å².